The molecule has 2 N–H and O–H groups in total. The number of hydrogen-bond donors (Lipinski definition) is 2. The summed E-state index contributed by atoms with van der Waals surface area (Å²) in [7, 11) is 1.46. The second-order valence-corrected chi connectivity index (χ2v) is 7.43. The molecule has 0 aliphatic rings. The molecule has 2 aromatic rings. The number of esters is 1. The van der Waals surface area contributed by atoms with Crippen molar-refractivity contribution < 1.29 is 23.9 Å². The van der Waals surface area contributed by atoms with Crippen molar-refractivity contribution in [2.24, 2.45) is 5.92 Å². The van der Waals surface area contributed by atoms with E-state index in [-0.39, 0.29) is 18.5 Å². The lowest BCUT2D eigenvalue weighted by Gasteiger charge is -2.23. The maximum absolute atomic E-state index is 12.3. The number of carbonyl (C=O) groups is 3. The van der Waals surface area contributed by atoms with Crippen molar-refractivity contribution in [3.05, 3.63) is 65.2 Å². The van der Waals surface area contributed by atoms with Gasteiger partial charge in [-0.3, -0.25) is 14.4 Å². The number of hydrogen-bond acceptors (Lipinski definition) is 5. The van der Waals surface area contributed by atoms with Crippen LogP contribution in [0.4, 0.5) is 0 Å². The number of ether oxygens (including phenoxy) is 2. The number of rotatable bonds is 10. The minimum atomic E-state index is -0.702. The van der Waals surface area contributed by atoms with Gasteiger partial charge in [-0.25, -0.2) is 0 Å². The first kappa shape index (κ1) is 23.9. The molecule has 2 aromatic carbocycles. The lowest BCUT2D eigenvalue weighted by Crippen LogP contribution is -2.36. The van der Waals surface area contributed by atoms with Crippen molar-refractivity contribution in [1.82, 2.24) is 10.6 Å². The van der Waals surface area contributed by atoms with E-state index in [0.717, 1.165) is 12.0 Å². The summed E-state index contributed by atoms with van der Waals surface area (Å²) in [5.74, 6) is -1.00. The van der Waals surface area contributed by atoms with Gasteiger partial charge in [0.15, 0.2) is 6.61 Å². The Morgan fingerprint density at radius 3 is 2.29 bits per heavy atom. The van der Waals surface area contributed by atoms with E-state index in [1.807, 2.05) is 38.1 Å². The summed E-state index contributed by atoms with van der Waals surface area (Å²) in [6.07, 6.45) is 0.947. The summed E-state index contributed by atoms with van der Waals surface area (Å²) in [5.41, 5.74) is 2.53. The minimum Gasteiger partial charge on any atom is -0.496 e. The van der Waals surface area contributed by atoms with Gasteiger partial charge < -0.3 is 20.1 Å². The van der Waals surface area contributed by atoms with Crippen LogP contribution in [0.5, 0.6) is 5.75 Å². The fraction of sp³-hybridized carbons (Fsp3) is 0.375. The monoisotopic (exact) mass is 426 g/mol. The number of amides is 2. The largest absolute Gasteiger partial charge is 0.496 e. The third-order valence-corrected chi connectivity index (χ3v) is 4.84. The highest BCUT2D eigenvalue weighted by atomic mass is 16.5. The van der Waals surface area contributed by atoms with Crippen molar-refractivity contribution in [1.29, 1.82) is 0 Å². The van der Waals surface area contributed by atoms with Gasteiger partial charge in [-0.2, -0.15) is 0 Å². The van der Waals surface area contributed by atoms with Gasteiger partial charge in [0.1, 0.15) is 12.3 Å². The molecule has 31 heavy (non-hydrogen) atoms. The third kappa shape index (κ3) is 7.13. The van der Waals surface area contributed by atoms with E-state index < -0.39 is 24.4 Å². The van der Waals surface area contributed by atoms with Crippen LogP contribution in [0.15, 0.2) is 48.5 Å². The lowest BCUT2D eigenvalue weighted by atomic mass is 9.95. The molecule has 0 heterocycles. The smallest absolute Gasteiger partial charge is 0.325 e. The Kier molecular flexibility index (Phi) is 9.06. The molecule has 0 radical (unpaired) electrons. The zero-order valence-corrected chi connectivity index (χ0v) is 18.4. The number of carbonyl (C=O) groups excluding carboxylic acids is 3. The molecule has 0 saturated heterocycles. The first-order valence-electron chi connectivity index (χ1n) is 10.3. The molecular formula is C24H30N2O5. The quantitative estimate of drug-likeness (QED) is 0.570. The van der Waals surface area contributed by atoms with Gasteiger partial charge >= 0.3 is 5.97 Å². The molecule has 0 spiro atoms. The Morgan fingerprint density at radius 1 is 1.00 bits per heavy atom. The Balaban J connectivity index is 1.83. The zero-order valence-electron chi connectivity index (χ0n) is 18.4. The van der Waals surface area contributed by atoms with Crippen molar-refractivity contribution >= 4 is 17.8 Å². The van der Waals surface area contributed by atoms with Gasteiger partial charge in [0.05, 0.1) is 18.7 Å². The van der Waals surface area contributed by atoms with Crippen LogP contribution in [-0.2, 0) is 20.7 Å². The second-order valence-electron chi connectivity index (χ2n) is 7.43. The van der Waals surface area contributed by atoms with E-state index >= 15 is 0 Å². The van der Waals surface area contributed by atoms with Gasteiger partial charge in [0, 0.05) is 0 Å². The third-order valence-electron chi connectivity index (χ3n) is 4.84. The van der Waals surface area contributed by atoms with E-state index in [1.165, 1.54) is 12.7 Å². The number of methoxy groups -OCH3 is 1. The number of benzene rings is 2. The predicted octanol–water partition coefficient (Wildman–Crippen LogP) is 3.04. The van der Waals surface area contributed by atoms with Crippen LogP contribution in [0.2, 0.25) is 0 Å². The standard InChI is InChI=1S/C24H30N2O5/c1-5-17-10-12-18(13-11-17)23(16(2)3)26-21(27)15-31-22(28)14-25-24(29)19-8-6-7-9-20(19)30-4/h6-13,16,23H,5,14-15H2,1-4H3,(H,25,29)(H,26,27)/t23-/m0/s1. The Bertz CT molecular complexity index is 893. The van der Waals surface area contributed by atoms with Crippen LogP contribution in [-0.4, -0.2) is 38.0 Å². The van der Waals surface area contributed by atoms with Crippen LogP contribution < -0.4 is 15.4 Å². The van der Waals surface area contributed by atoms with Crippen molar-refractivity contribution in [3.63, 3.8) is 0 Å². The average molecular weight is 427 g/mol. The highest BCUT2D eigenvalue weighted by molar-refractivity contribution is 5.98. The Morgan fingerprint density at radius 2 is 1.68 bits per heavy atom. The molecule has 0 aliphatic carbocycles. The summed E-state index contributed by atoms with van der Waals surface area (Å²) < 4.78 is 10.1. The minimum absolute atomic E-state index is 0.160. The molecule has 0 bridgehead atoms. The van der Waals surface area contributed by atoms with Crippen molar-refractivity contribution in [2.45, 2.75) is 33.2 Å². The molecule has 7 heteroatoms. The molecule has 2 rings (SSSR count). The van der Waals surface area contributed by atoms with Crippen LogP contribution >= 0.6 is 0 Å². The number of aryl methyl sites for hydroxylation is 1. The fourth-order valence-electron chi connectivity index (χ4n) is 3.09. The molecule has 0 saturated carbocycles. The molecular weight excluding hydrogens is 396 g/mol. The lowest BCUT2D eigenvalue weighted by molar-refractivity contribution is -0.147. The molecule has 1 atom stereocenters. The van der Waals surface area contributed by atoms with Gasteiger partial charge in [-0.05, 0) is 35.6 Å². The Labute approximate surface area is 183 Å². The SMILES string of the molecule is CCc1ccc([C@@H](NC(=O)COC(=O)CNC(=O)c2ccccc2OC)C(C)C)cc1. The molecule has 7 nitrogen and oxygen atoms in total. The van der Waals surface area contributed by atoms with E-state index in [9.17, 15) is 14.4 Å². The molecule has 166 valence electrons. The molecule has 2 amide bonds. The summed E-state index contributed by atoms with van der Waals surface area (Å²) in [6.45, 7) is 5.34. The highest BCUT2D eigenvalue weighted by Crippen LogP contribution is 2.22. The number of nitrogens with one attached hydrogen (secondary N) is 2. The molecule has 0 aliphatic heterocycles. The van der Waals surface area contributed by atoms with Gasteiger partial charge in [0.2, 0.25) is 0 Å². The summed E-state index contributed by atoms with van der Waals surface area (Å²) in [6, 6.07) is 14.6. The van der Waals surface area contributed by atoms with Gasteiger partial charge in [-0.15, -0.1) is 0 Å². The number of para-hydroxylation sites is 1. The summed E-state index contributed by atoms with van der Waals surface area (Å²) in [5, 5.41) is 5.38. The topological polar surface area (TPSA) is 93.7 Å². The Hall–Kier alpha value is -3.35. The highest BCUT2D eigenvalue weighted by Gasteiger charge is 2.19. The van der Waals surface area contributed by atoms with E-state index in [1.54, 1.807) is 24.3 Å². The summed E-state index contributed by atoms with van der Waals surface area (Å²) >= 11 is 0. The maximum atomic E-state index is 12.3. The molecule has 0 unspecified atom stereocenters. The zero-order chi connectivity index (χ0) is 22.8. The fourth-order valence-corrected chi connectivity index (χ4v) is 3.09. The van der Waals surface area contributed by atoms with E-state index in [0.29, 0.717) is 11.3 Å². The first-order valence-corrected chi connectivity index (χ1v) is 10.3. The van der Waals surface area contributed by atoms with Crippen molar-refractivity contribution in [2.75, 3.05) is 20.3 Å². The van der Waals surface area contributed by atoms with E-state index in [2.05, 4.69) is 17.6 Å². The first-order chi connectivity index (χ1) is 14.8. The van der Waals surface area contributed by atoms with Crippen LogP contribution in [0, 0.1) is 5.92 Å². The van der Waals surface area contributed by atoms with Crippen LogP contribution in [0.25, 0.3) is 0 Å². The van der Waals surface area contributed by atoms with E-state index in [4.69, 9.17) is 9.47 Å². The summed E-state index contributed by atoms with van der Waals surface area (Å²) in [4.78, 5) is 36.5. The maximum Gasteiger partial charge on any atom is 0.325 e. The average Bonchev–Trinajstić information content (AvgIpc) is 2.79. The second kappa shape index (κ2) is 11.7. The molecule has 0 fully saturated rings. The van der Waals surface area contributed by atoms with Crippen LogP contribution in [0.1, 0.15) is 48.3 Å². The normalized spacial score (nSPS) is 11.5. The predicted molar refractivity (Wildman–Crippen MR) is 118 cm³/mol. The van der Waals surface area contributed by atoms with Crippen molar-refractivity contribution in [3.8, 4) is 5.75 Å². The van der Waals surface area contributed by atoms with Gasteiger partial charge in [-0.1, -0.05) is 57.2 Å². The van der Waals surface area contributed by atoms with Gasteiger partial charge in [0.25, 0.3) is 11.8 Å². The molecule has 0 aromatic heterocycles. The van der Waals surface area contributed by atoms with Crippen LogP contribution in [0.3, 0.4) is 0 Å².